The lowest BCUT2D eigenvalue weighted by molar-refractivity contribution is -0.152. The molecule has 0 aromatic heterocycles. The van der Waals surface area contributed by atoms with Crippen LogP contribution in [0.4, 0.5) is 0 Å². The van der Waals surface area contributed by atoms with Crippen molar-refractivity contribution in [1.29, 1.82) is 0 Å². The van der Waals surface area contributed by atoms with E-state index < -0.39 is 12.0 Å². The highest BCUT2D eigenvalue weighted by Crippen LogP contribution is 2.31. The fourth-order valence-electron chi connectivity index (χ4n) is 2.19. The van der Waals surface area contributed by atoms with E-state index in [-0.39, 0.29) is 11.9 Å². The van der Waals surface area contributed by atoms with E-state index in [1.165, 1.54) is 7.11 Å². The number of aryl methyl sites for hydroxylation is 1. The molecule has 0 saturated heterocycles. The summed E-state index contributed by atoms with van der Waals surface area (Å²) in [5.41, 5.74) is 2.94. The van der Waals surface area contributed by atoms with Crippen molar-refractivity contribution in [2.45, 2.75) is 33.8 Å². The molecular weight excluding hydrogens is 228 g/mol. The van der Waals surface area contributed by atoms with Gasteiger partial charge in [0.15, 0.2) is 0 Å². The van der Waals surface area contributed by atoms with Gasteiger partial charge in [0.05, 0.1) is 19.1 Å². The van der Waals surface area contributed by atoms with E-state index in [1.807, 2.05) is 45.9 Å². The van der Waals surface area contributed by atoms with Crippen LogP contribution >= 0.6 is 0 Å². The third kappa shape index (κ3) is 2.91. The van der Waals surface area contributed by atoms with Crippen LogP contribution in [-0.2, 0) is 9.53 Å². The second-order valence-electron chi connectivity index (χ2n) is 5.03. The van der Waals surface area contributed by atoms with Gasteiger partial charge in [0.25, 0.3) is 0 Å². The van der Waals surface area contributed by atoms with Gasteiger partial charge in [-0.1, -0.05) is 32.0 Å². The van der Waals surface area contributed by atoms with E-state index in [4.69, 9.17) is 4.74 Å². The molecule has 0 aliphatic rings. The molecule has 3 nitrogen and oxygen atoms in total. The molecule has 0 heterocycles. The number of carbonyl (C=O) groups excluding carboxylic acids is 1. The van der Waals surface area contributed by atoms with E-state index in [1.54, 1.807) is 0 Å². The highest BCUT2D eigenvalue weighted by atomic mass is 16.5. The normalized spacial score (nSPS) is 14.4. The number of aliphatic hydroxyl groups is 1. The lowest BCUT2D eigenvalue weighted by Crippen LogP contribution is -2.28. The molecule has 0 radical (unpaired) electrons. The standard InChI is InChI=1S/C15H22O3/c1-9(2)13(15(17)18-5)14(16)12-8-6-7-10(3)11(12)4/h6-9,13-14,16H,1-5H3. The zero-order chi connectivity index (χ0) is 13.9. The zero-order valence-corrected chi connectivity index (χ0v) is 11.7. The number of benzene rings is 1. The Morgan fingerprint density at radius 2 is 1.89 bits per heavy atom. The third-order valence-corrected chi connectivity index (χ3v) is 3.50. The summed E-state index contributed by atoms with van der Waals surface area (Å²) in [5, 5.41) is 10.5. The van der Waals surface area contributed by atoms with Crippen LogP contribution in [0.1, 0.15) is 36.6 Å². The lowest BCUT2D eigenvalue weighted by Gasteiger charge is -2.25. The van der Waals surface area contributed by atoms with Gasteiger partial charge in [-0.15, -0.1) is 0 Å². The Morgan fingerprint density at radius 1 is 1.28 bits per heavy atom. The SMILES string of the molecule is COC(=O)C(C(C)C)C(O)c1cccc(C)c1C. The highest BCUT2D eigenvalue weighted by Gasteiger charge is 2.32. The monoisotopic (exact) mass is 250 g/mol. The molecule has 0 fully saturated rings. The van der Waals surface area contributed by atoms with E-state index >= 15 is 0 Å². The number of aliphatic hydroxyl groups excluding tert-OH is 1. The fourth-order valence-corrected chi connectivity index (χ4v) is 2.19. The van der Waals surface area contributed by atoms with Gasteiger partial charge in [0.1, 0.15) is 0 Å². The molecule has 1 aromatic rings. The third-order valence-electron chi connectivity index (χ3n) is 3.50. The summed E-state index contributed by atoms with van der Waals surface area (Å²) < 4.78 is 4.79. The van der Waals surface area contributed by atoms with E-state index in [2.05, 4.69) is 0 Å². The van der Waals surface area contributed by atoms with Crippen molar-refractivity contribution in [3.8, 4) is 0 Å². The summed E-state index contributed by atoms with van der Waals surface area (Å²) in [6, 6.07) is 5.76. The molecule has 0 spiro atoms. The minimum Gasteiger partial charge on any atom is -0.469 e. The lowest BCUT2D eigenvalue weighted by atomic mass is 9.84. The first-order valence-corrected chi connectivity index (χ1v) is 6.22. The van der Waals surface area contributed by atoms with Crippen LogP contribution in [0.3, 0.4) is 0 Å². The zero-order valence-electron chi connectivity index (χ0n) is 11.7. The topological polar surface area (TPSA) is 46.5 Å². The summed E-state index contributed by atoms with van der Waals surface area (Å²) in [7, 11) is 1.35. The Bertz CT molecular complexity index is 424. The van der Waals surface area contributed by atoms with Gasteiger partial charge < -0.3 is 9.84 Å². The van der Waals surface area contributed by atoms with Crippen LogP contribution in [0.5, 0.6) is 0 Å². The molecule has 18 heavy (non-hydrogen) atoms. The largest absolute Gasteiger partial charge is 0.469 e. The van der Waals surface area contributed by atoms with Crippen molar-refractivity contribution in [3.05, 3.63) is 34.9 Å². The van der Waals surface area contributed by atoms with Crippen LogP contribution < -0.4 is 0 Å². The molecule has 2 atom stereocenters. The molecule has 0 saturated carbocycles. The van der Waals surface area contributed by atoms with Crippen LogP contribution in [0.15, 0.2) is 18.2 Å². The Hall–Kier alpha value is -1.35. The Morgan fingerprint density at radius 3 is 2.39 bits per heavy atom. The number of hydrogen-bond donors (Lipinski definition) is 1. The Labute approximate surface area is 109 Å². The molecule has 0 amide bonds. The fraction of sp³-hybridized carbons (Fsp3) is 0.533. The van der Waals surface area contributed by atoms with Gasteiger partial charge in [-0.05, 0) is 36.5 Å². The van der Waals surface area contributed by atoms with E-state index in [9.17, 15) is 9.90 Å². The van der Waals surface area contributed by atoms with Crippen molar-refractivity contribution in [2.24, 2.45) is 11.8 Å². The number of methoxy groups -OCH3 is 1. The molecule has 0 bridgehead atoms. The predicted molar refractivity (Wildman–Crippen MR) is 71.2 cm³/mol. The maximum atomic E-state index is 11.8. The summed E-state index contributed by atoms with van der Waals surface area (Å²) in [5.74, 6) is -0.874. The number of carbonyl (C=O) groups is 1. The Balaban J connectivity index is 3.14. The molecule has 100 valence electrons. The van der Waals surface area contributed by atoms with Gasteiger partial charge in [-0.3, -0.25) is 4.79 Å². The number of esters is 1. The average molecular weight is 250 g/mol. The first-order valence-electron chi connectivity index (χ1n) is 6.22. The second-order valence-corrected chi connectivity index (χ2v) is 5.03. The maximum absolute atomic E-state index is 11.8. The quantitative estimate of drug-likeness (QED) is 0.836. The number of hydrogen-bond acceptors (Lipinski definition) is 3. The molecule has 0 aliphatic heterocycles. The molecule has 0 aliphatic carbocycles. The van der Waals surface area contributed by atoms with Gasteiger partial charge in [-0.25, -0.2) is 0 Å². The molecule has 1 aromatic carbocycles. The molecule has 2 unspecified atom stereocenters. The summed E-state index contributed by atoms with van der Waals surface area (Å²) in [6.45, 7) is 7.78. The van der Waals surface area contributed by atoms with Crippen LogP contribution in [0, 0.1) is 25.7 Å². The minimum absolute atomic E-state index is 0.0207. The molecular formula is C15H22O3. The average Bonchev–Trinajstić information content (AvgIpc) is 2.31. The highest BCUT2D eigenvalue weighted by molar-refractivity contribution is 5.73. The first-order chi connectivity index (χ1) is 8.40. The van der Waals surface area contributed by atoms with Crippen molar-refractivity contribution in [2.75, 3.05) is 7.11 Å². The van der Waals surface area contributed by atoms with Crippen LogP contribution in [0.2, 0.25) is 0 Å². The smallest absolute Gasteiger partial charge is 0.311 e. The van der Waals surface area contributed by atoms with E-state index in [0.29, 0.717) is 0 Å². The molecule has 1 rings (SSSR count). The first kappa shape index (κ1) is 14.7. The summed E-state index contributed by atoms with van der Waals surface area (Å²) >= 11 is 0. The van der Waals surface area contributed by atoms with Gasteiger partial charge in [0.2, 0.25) is 0 Å². The minimum atomic E-state index is -0.822. The van der Waals surface area contributed by atoms with Gasteiger partial charge >= 0.3 is 5.97 Å². The van der Waals surface area contributed by atoms with Crippen molar-refractivity contribution in [1.82, 2.24) is 0 Å². The maximum Gasteiger partial charge on any atom is 0.311 e. The van der Waals surface area contributed by atoms with Crippen LogP contribution in [0.25, 0.3) is 0 Å². The van der Waals surface area contributed by atoms with Gasteiger partial charge in [-0.2, -0.15) is 0 Å². The van der Waals surface area contributed by atoms with Gasteiger partial charge in [0, 0.05) is 0 Å². The number of ether oxygens (including phenoxy) is 1. The second kappa shape index (κ2) is 6.01. The number of rotatable bonds is 4. The van der Waals surface area contributed by atoms with Crippen molar-refractivity contribution >= 4 is 5.97 Å². The summed E-state index contributed by atoms with van der Waals surface area (Å²) in [6.07, 6.45) is -0.822. The van der Waals surface area contributed by atoms with E-state index in [0.717, 1.165) is 16.7 Å². The Kier molecular flexibility index (Phi) is 4.91. The molecule has 3 heteroatoms. The summed E-state index contributed by atoms with van der Waals surface area (Å²) in [4.78, 5) is 11.8. The molecule has 1 N–H and O–H groups in total. The predicted octanol–water partition coefficient (Wildman–Crippen LogP) is 2.78. The van der Waals surface area contributed by atoms with Crippen LogP contribution in [-0.4, -0.2) is 18.2 Å². The van der Waals surface area contributed by atoms with Crippen molar-refractivity contribution in [3.63, 3.8) is 0 Å². The van der Waals surface area contributed by atoms with Crippen molar-refractivity contribution < 1.29 is 14.6 Å².